The molecule has 0 spiro atoms. The van der Waals surface area contributed by atoms with Crippen LogP contribution in [0.5, 0.6) is 0 Å². The van der Waals surface area contributed by atoms with E-state index in [1.807, 2.05) is 12.3 Å². The number of benzene rings is 6. The summed E-state index contributed by atoms with van der Waals surface area (Å²) in [6.07, 6.45) is 1.96. The van der Waals surface area contributed by atoms with Crippen LogP contribution < -0.4 is 0 Å². The van der Waals surface area contributed by atoms with Crippen molar-refractivity contribution in [3.05, 3.63) is 152 Å². The standard InChI is InChI=1S/C41H25N3S/c1-2-10-26(11-3-1)38-40-39(35-18-6-7-19-37(35)45-40)44-41(43-38)31-16-9-15-29(23-31)27-13-8-14-28(22-27)30-20-21-34-33-17-5-4-12-32(33)25-42-36(34)24-30/h1-25H. The van der Waals surface area contributed by atoms with Gasteiger partial charge in [0.15, 0.2) is 5.82 Å². The number of fused-ring (bicyclic) bond motifs is 6. The fourth-order valence-corrected chi connectivity index (χ4v) is 7.42. The lowest BCUT2D eigenvalue weighted by atomic mass is 9.96. The molecule has 0 aliphatic rings. The van der Waals surface area contributed by atoms with Gasteiger partial charge >= 0.3 is 0 Å². The highest BCUT2D eigenvalue weighted by Gasteiger charge is 2.17. The van der Waals surface area contributed by atoms with Crippen molar-refractivity contribution >= 4 is 53.3 Å². The zero-order valence-electron chi connectivity index (χ0n) is 24.2. The first kappa shape index (κ1) is 25.8. The fraction of sp³-hybridized carbons (Fsp3) is 0. The molecule has 0 aliphatic carbocycles. The predicted molar refractivity (Wildman–Crippen MR) is 189 cm³/mol. The van der Waals surface area contributed by atoms with Gasteiger partial charge in [0.1, 0.15) is 0 Å². The van der Waals surface area contributed by atoms with Crippen LogP contribution in [0.4, 0.5) is 0 Å². The van der Waals surface area contributed by atoms with E-state index in [0.717, 1.165) is 66.0 Å². The van der Waals surface area contributed by atoms with Crippen LogP contribution in [0.1, 0.15) is 0 Å². The van der Waals surface area contributed by atoms with Crippen LogP contribution in [0.3, 0.4) is 0 Å². The Morgan fingerprint density at radius 1 is 0.444 bits per heavy atom. The molecular formula is C41H25N3S. The molecule has 9 rings (SSSR count). The molecule has 3 nitrogen and oxygen atoms in total. The van der Waals surface area contributed by atoms with Gasteiger partial charge in [0.25, 0.3) is 0 Å². The molecule has 0 unspecified atom stereocenters. The van der Waals surface area contributed by atoms with E-state index in [9.17, 15) is 0 Å². The highest BCUT2D eigenvalue weighted by atomic mass is 32.1. The summed E-state index contributed by atoms with van der Waals surface area (Å²) < 4.78 is 2.34. The zero-order chi connectivity index (χ0) is 29.7. The number of nitrogens with zero attached hydrogens (tertiary/aromatic N) is 3. The molecule has 210 valence electrons. The molecule has 0 bridgehead atoms. The van der Waals surface area contributed by atoms with E-state index in [0.29, 0.717) is 0 Å². The molecule has 0 radical (unpaired) electrons. The molecule has 0 amide bonds. The van der Waals surface area contributed by atoms with Gasteiger partial charge in [-0.25, -0.2) is 9.97 Å². The van der Waals surface area contributed by atoms with Crippen molar-refractivity contribution in [2.45, 2.75) is 0 Å². The molecule has 9 aromatic rings. The Hall–Kier alpha value is -5.71. The molecule has 0 saturated carbocycles. The molecule has 3 aromatic heterocycles. The smallest absolute Gasteiger partial charge is 0.160 e. The summed E-state index contributed by atoms with van der Waals surface area (Å²) >= 11 is 1.76. The van der Waals surface area contributed by atoms with E-state index >= 15 is 0 Å². The van der Waals surface area contributed by atoms with Crippen molar-refractivity contribution in [2.75, 3.05) is 0 Å². The van der Waals surface area contributed by atoms with Crippen LogP contribution >= 0.6 is 11.3 Å². The van der Waals surface area contributed by atoms with E-state index in [2.05, 4.69) is 140 Å². The fourth-order valence-electron chi connectivity index (χ4n) is 6.27. The van der Waals surface area contributed by atoms with Crippen molar-refractivity contribution in [3.8, 4) is 44.9 Å². The van der Waals surface area contributed by atoms with Crippen molar-refractivity contribution in [1.82, 2.24) is 15.0 Å². The Morgan fingerprint density at radius 2 is 1.09 bits per heavy atom. The van der Waals surface area contributed by atoms with E-state index in [1.165, 1.54) is 20.9 Å². The van der Waals surface area contributed by atoms with Crippen molar-refractivity contribution in [1.29, 1.82) is 0 Å². The first-order valence-electron chi connectivity index (χ1n) is 15.0. The maximum absolute atomic E-state index is 5.18. The molecule has 0 aliphatic heterocycles. The minimum absolute atomic E-state index is 0.732. The van der Waals surface area contributed by atoms with Crippen molar-refractivity contribution in [2.24, 2.45) is 0 Å². The van der Waals surface area contributed by atoms with Crippen LogP contribution in [0.2, 0.25) is 0 Å². The largest absolute Gasteiger partial charge is 0.256 e. The highest BCUT2D eigenvalue weighted by molar-refractivity contribution is 7.26. The van der Waals surface area contributed by atoms with E-state index in [4.69, 9.17) is 15.0 Å². The Morgan fingerprint density at radius 3 is 1.91 bits per heavy atom. The molecular weight excluding hydrogens is 567 g/mol. The predicted octanol–water partition coefficient (Wildman–Crippen LogP) is 11.2. The molecule has 0 fully saturated rings. The molecule has 0 N–H and O–H groups in total. The van der Waals surface area contributed by atoms with Crippen LogP contribution in [-0.4, -0.2) is 15.0 Å². The van der Waals surface area contributed by atoms with Gasteiger partial charge in [-0.05, 0) is 51.9 Å². The van der Waals surface area contributed by atoms with Crippen molar-refractivity contribution in [3.63, 3.8) is 0 Å². The van der Waals surface area contributed by atoms with Crippen LogP contribution in [0, 0.1) is 0 Å². The molecule has 4 heteroatoms. The second-order valence-electron chi connectivity index (χ2n) is 11.3. The molecule has 0 atom stereocenters. The maximum atomic E-state index is 5.18. The lowest BCUT2D eigenvalue weighted by Gasteiger charge is -2.10. The van der Waals surface area contributed by atoms with E-state index in [1.54, 1.807) is 11.3 Å². The number of pyridine rings is 1. The Bertz CT molecular complexity index is 2550. The molecule has 6 aromatic carbocycles. The van der Waals surface area contributed by atoms with Gasteiger partial charge in [0.05, 0.1) is 21.4 Å². The first-order valence-corrected chi connectivity index (χ1v) is 15.8. The van der Waals surface area contributed by atoms with Crippen LogP contribution in [0.25, 0.3) is 86.9 Å². The third-order valence-electron chi connectivity index (χ3n) is 8.51. The Kier molecular flexibility index (Phi) is 6.00. The average molecular weight is 592 g/mol. The third-order valence-corrected chi connectivity index (χ3v) is 9.68. The van der Waals surface area contributed by atoms with Crippen LogP contribution in [-0.2, 0) is 0 Å². The second kappa shape index (κ2) is 10.5. The highest BCUT2D eigenvalue weighted by Crippen LogP contribution is 2.40. The summed E-state index contributed by atoms with van der Waals surface area (Å²) in [6.45, 7) is 0. The van der Waals surface area contributed by atoms with Gasteiger partial charge in [0.2, 0.25) is 0 Å². The second-order valence-corrected chi connectivity index (χ2v) is 12.3. The first-order chi connectivity index (χ1) is 22.3. The summed E-state index contributed by atoms with van der Waals surface area (Å²) in [5.41, 5.74) is 9.64. The van der Waals surface area contributed by atoms with Crippen LogP contribution in [0.15, 0.2) is 152 Å². The number of aromatic nitrogens is 3. The van der Waals surface area contributed by atoms with E-state index < -0.39 is 0 Å². The monoisotopic (exact) mass is 591 g/mol. The number of thiophene rings is 1. The van der Waals surface area contributed by atoms with Gasteiger partial charge in [-0.3, -0.25) is 4.98 Å². The van der Waals surface area contributed by atoms with Gasteiger partial charge in [-0.15, -0.1) is 11.3 Å². The normalized spacial score (nSPS) is 11.6. The van der Waals surface area contributed by atoms with Gasteiger partial charge in [-0.2, -0.15) is 0 Å². The molecule has 3 heterocycles. The Labute approximate surface area is 264 Å². The minimum Gasteiger partial charge on any atom is -0.256 e. The number of hydrogen-bond donors (Lipinski definition) is 0. The number of hydrogen-bond acceptors (Lipinski definition) is 4. The number of rotatable bonds is 4. The third kappa shape index (κ3) is 4.46. The lowest BCUT2D eigenvalue weighted by molar-refractivity contribution is 1.24. The summed E-state index contributed by atoms with van der Waals surface area (Å²) in [5, 5.41) is 4.72. The molecule has 45 heavy (non-hydrogen) atoms. The SMILES string of the molecule is c1ccc(-c2nc(-c3cccc(-c4cccc(-c5ccc6c(c5)ncc5ccccc56)c4)c3)nc3c2sc2ccccc23)cc1. The summed E-state index contributed by atoms with van der Waals surface area (Å²) in [7, 11) is 0. The lowest BCUT2D eigenvalue weighted by Crippen LogP contribution is -1.94. The maximum Gasteiger partial charge on any atom is 0.160 e. The summed E-state index contributed by atoms with van der Waals surface area (Å²) in [5.74, 6) is 0.732. The topological polar surface area (TPSA) is 38.7 Å². The van der Waals surface area contributed by atoms with Gasteiger partial charge in [0, 0.05) is 38.2 Å². The van der Waals surface area contributed by atoms with Gasteiger partial charge < -0.3 is 0 Å². The quantitative estimate of drug-likeness (QED) is 0.191. The zero-order valence-corrected chi connectivity index (χ0v) is 25.0. The van der Waals surface area contributed by atoms with Crippen molar-refractivity contribution < 1.29 is 0 Å². The average Bonchev–Trinajstić information content (AvgIpc) is 3.50. The van der Waals surface area contributed by atoms with E-state index in [-0.39, 0.29) is 0 Å². The minimum atomic E-state index is 0.732. The van der Waals surface area contributed by atoms with Gasteiger partial charge in [-0.1, -0.05) is 121 Å². The Balaban J connectivity index is 1.14. The summed E-state index contributed by atoms with van der Waals surface area (Å²) in [4.78, 5) is 15.1. The summed E-state index contributed by atoms with van der Waals surface area (Å²) in [6, 6.07) is 51.2. The molecule has 0 saturated heterocycles.